The van der Waals surface area contributed by atoms with Gasteiger partial charge in [0.15, 0.2) is 0 Å². The number of aromatic amines is 2. The zero-order valence-corrected chi connectivity index (χ0v) is 22.2. The molecule has 3 N–H and O–H groups in total. The highest BCUT2D eigenvalue weighted by Crippen LogP contribution is 2.32. The van der Waals surface area contributed by atoms with Gasteiger partial charge in [-0.25, -0.2) is 0 Å². The predicted octanol–water partition coefficient (Wildman–Crippen LogP) is 5.84. The molecule has 1 saturated heterocycles. The Labute approximate surface area is 219 Å². The van der Waals surface area contributed by atoms with E-state index in [2.05, 4.69) is 51.4 Å². The summed E-state index contributed by atoms with van der Waals surface area (Å²) in [4.78, 5) is 17.6. The van der Waals surface area contributed by atoms with Crippen molar-refractivity contribution < 1.29 is 9.53 Å². The lowest BCUT2D eigenvalue weighted by Crippen LogP contribution is -2.33. The van der Waals surface area contributed by atoms with Crippen LogP contribution in [-0.2, 0) is 13.1 Å². The van der Waals surface area contributed by atoms with E-state index in [1.807, 2.05) is 30.5 Å². The number of benzene rings is 2. The monoisotopic (exact) mass is 501 g/mol. The third-order valence-electron chi connectivity index (χ3n) is 7.15. The molecule has 37 heavy (non-hydrogen) atoms. The lowest BCUT2D eigenvalue weighted by molar-refractivity contribution is 0.0950. The molecule has 3 heterocycles. The zero-order chi connectivity index (χ0) is 26.0. The normalized spacial score (nSPS) is 14.2. The Balaban J connectivity index is 0.000000186. The van der Waals surface area contributed by atoms with Crippen LogP contribution in [0.4, 0.5) is 0 Å². The molecule has 1 fully saturated rings. The second-order valence-electron chi connectivity index (χ2n) is 9.78. The number of aryl methyl sites for hydroxylation is 1. The molecule has 0 atom stereocenters. The number of amides is 1. The number of piperidine rings is 1. The van der Waals surface area contributed by atoms with Crippen molar-refractivity contribution in [1.29, 1.82) is 0 Å². The summed E-state index contributed by atoms with van der Waals surface area (Å²) in [5.41, 5.74) is 5.38. The number of carbonyl (C=O) groups is 1. The van der Waals surface area contributed by atoms with E-state index in [1.54, 1.807) is 25.4 Å². The lowest BCUT2D eigenvalue weighted by atomic mass is 9.92. The minimum Gasteiger partial charge on any atom is -0.496 e. The van der Waals surface area contributed by atoms with E-state index in [-0.39, 0.29) is 5.91 Å². The van der Waals surface area contributed by atoms with Gasteiger partial charge in [-0.2, -0.15) is 5.10 Å². The molecule has 2 aromatic carbocycles. The fourth-order valence-electron chi connectivity index (χ4n) is 5.10. The van der Waals surface area contributed by atoms with Crippen LogP contribution in [-0.4, -0.2) is 46.2 Å². The van der Waals surface area contributed by atoms with E-state index in [4.69, 9.17) is 4.74 Å². The molecule has 0 unspecified atom stereocenters. The molecule has 4 aromatic rings. The fourth-order valence-corrected chi connectivity index (χ4v) is 5.10. The summed E-state index contributed by atoms with van der Waals surface area (Å²) < 4.78 is 5.66. The van der Waals surface area contributed by atoms with Crippen molar-refractivity contribution in [3.8, 4) is 5.75 Å². The Morgan fingerprint density at radius 1 is 1.16 bits per heavy atom. The van der Waals surface area contributed by atoms with Gasteiger partial charge in [-0.15, -0.1) is 0 Å². The molecule has 0 saturated carbocycles. The van der Waals surface area contributed by atoms with Gasteiger partial charge in [-0.3, -0.25) is 14.8 Å². The molecule has 1 aliphatic heterocycles. The fraction of sp³-hybridized carbons (Fsp3) is 0.400. The molecule has 0 radical (unpaired) electrons. The largest absolute Gasteiger partial charge is 0.496 e. The average Bonchev–Trinajstić information content (AvgIpc) is 3.64. The molecular formula is C30H39N5O2. The first-order chi connectivity index (χ1) is 18.1. The second kappa shape index (κ2) is 13.1. The molecule has 0 spiro atoms. The van der Waals surface area contributed by atoms with Crippen molar-refractivity contribution in [3.05, 3.63) is 83.3 Å². The summed E-state index contributed by atoms with van der Waals surface area (Å²) >= 11 is 0. The van der Waals surface area contributed by atoms with Crippen LogP contribution in [0, 0.1) is 12.8 Å². The number of aromatic nitrogens is 3. The van der Waals surface area contributed by atoms with Crippen LogP contribution >= 0.6 is 0 Å². The number of hydrogen-bond donors (Lipinski definition) is 3. The number of fused-ring (bicyclic) bond motifs is 1. The van der Waals surface area contributed by atoms with Crippen LogP contribution < -0.4 is 10.1 Å². The maximum absolute atomic E-state index is 11.6. The van der Waals surface area contributed by atoms with Gasteiger partial charge in [0.25, 0.3) is 5.91 Å². The minimum atomic E-state index is -0.0785. The summed E-state index contributed by atoms with van der Waals surface area (Å²) in [6.45, 7) is 8.33. The molecule has 5 rings (SSSR count). The van der Waals surface area contributed by atoms with Gasteiger partial charge < -0.3 is 15.0 Å². The average molecular weight is 502 g/mol. The van der Waals surface area contributed by atoms with E-state index in [0.29, 0.717) is 12.1 Å². The summed E-state index contributed by atoms with van der Waals surface area (Å²) in [6, 6.07) is 15.3. The summed E-state index contributed by atoms with van der Waals surface area (Å²) in [5.74, 6) is 1.89. The van der Waals surface area contributed by atoms with Crippen LogP contribution in [0.5, 0.6) is 5.75 Å². The summed E-state index contributed by atoms with van der Waals surface area (Å²) in [5, 5.41) is 10.7. The highest BCUT2D eigenvalue weighted by Gasteiger charge is 2.21. The number of H-pyrrole nitrogens is 2. The zero-order valence-electron chi connectivity index (χ0n) is 22.2. The highest BCUT2D eigenvalue weighted by molar-refractivity contribution is 5.94. The first kappa shape index (κ1) is 26.5. The van der Waals surface area contributed by atoms with E-state index in [9.17, 15) is 4.79 Å². The van der Waals surface area contributed by atoms with Crippen LogP contribution in [0.1, 0.15) is 59.8 Å². The Morgan fingerprint density at radius 2 is 1.95 bits per heavy atom. The van der Waals surface area contributed by atoms with Crippen LogP contribution in [0.15, 0.2) is 60.9 Å². The van der Waals surface area contributed by atoms with Crippen LogP contribution in [0.3, 0.4) is 0 Å². The number of hydrogen-bond acceptors (Lipinski definition) is 4. The van der Waals surface area contributed by atoms with Crippen molar-refractivity contribution in [2.24, 2.45) is 5.92 Å². The van der Waals surface area contributed by atoms with Crippen molar-refractivity contribution in [1.82, 2.24) is 25.4 Å². The second-order valence-corrected chi connectivity index (χ2v) is 9.78. The number of carbonyl (C=O) groups excluding carboxylic acids is 1. The molecule has 0 aliphatic carbocycles. The number of likely N-dealkylation sites (tertiary alicyclic amines) is 1. The van der Waals surface area contributed by atoms with Gasteiger partial charge in [0.2, 0.25) is 0 Å². The first-order valence-corrected chi connectivity index (χ1v) is 13.3. The van der Waals surface area contributed by atoms with Gasteiger partial charge in [-0.05, 0) is 74.7 Å². The SMILES string of the molecule is CCCC1CCN(Cc2c(OC)cc(C)c3[nH]ccc23)CC1.O=C(NCc1ccn[nH]1)c1ccccc1. The van der Waals surface area contributed by atoms with Crippen molar-refractivity contribution >= 4 is 16.8 Å². The third kappa shape index (κ3) is 7.01. The Morgan fingerprint density at radius 3 is 2.62 bits per heavy atom. The Hall–Kier alpha value is -3.58. The van der Waals surface area contributed by atoms with Crippen LogP contribution in [0.2, 0.25) is 0 Å². The quantitative estimate of drug-likeness (QED) is 0.283. The molecule has 7 heteroatoms. The number of ether oxygens (including phenoxy) is 1. The van der Waals surface area contributed by atoms with Gasteiger partial charge in [-0.1, -0.05) is 38.0 Å². The molecule has 2 aromatic heterocycles. The minimum absolute atomic E-state index is 0.0785. The van der Waals surface area contributed by atoms with Crippen molar-refractivity contribution in [2.75, 3.05) is 20.2 Å². The predicted molar refractivity (Wildman–Crippen MR) is 149 cm³/mol. The summed E-state index contributed by atoms with van der Waals surface area (Å²) in [6.07, 6.45) is 9.10. The molecule has 7 nitrogen and oxygen atoms in total. The van der Waals surface area contributed by atoms with Crippen molar-refractivity contribution in [3.63, 3.8) is 0 Å². The number of nitrogens with zero attached hydrogens (tertiary/aromatic N) is 2. The van der Waals surface area contributed by atoms with Gasteiger partial charge >= 0.3 is 0 Å². The molecular weight excluding hydrogens is 462 g/mol. The molecule has 196 valence electrons. The third-order valence-corrected chi connectivity index (χ3v) is 7.15. The van der Waals surface area contributed by atoms with Gasteiger partial charge in [0, 0.05) is 41.0 Å². The standard InChI is InChI=1S/C19H28N2O.C11H11N3O/c1-4-5-15-7-10-21(11-8-15)13-17-16-6-9-20-19(16)14(2)12-18(17)22-3;15-11(9-4-2-1-3-5-9)12-8-10-6-7-13-14-10/h6,9,12,15,20H,4-5,7-8,10-11,13H2,1-3H3;1-7H,8H2,(H,12,15)(H,13,14). The van der Waals surface area contributed by atoms with E-state index in [0.717, 1.165) is 23.9 Å². The Bertz CT molecular complexity index is 1240. The lowest BCUT2D eigenvalue weighted by Gasteiger charge is -2.32. The number of nitrogens with one attached hydrogen (secondary N) is 3. The number of rotatable bonds is 8. The van der Waals surface area contributed by atoms with E-state index < -0.39 is 0 Å². The number of methoxy groups -OCH3 is 1. The van der Waals surface area contributed by atoms with Crippen LogP contribution in [0.25, 0.3) is 10.9 Å². The maximum Gasteiger partial charge on any atom is 0.251 e. The molecule has 1 aliphatic rings. The Kier molecular flexibility index (Phi) is 9.38. The topological polar surface area (TPSA) is 86.0 Å². The van der Waals surface area contributed by atoms with Gasteiger partial charge in [0.1, 0.15) is 5.75 Å². The van der Waals surface area contributed by atoms with Gasteiger partial charge in [0.05, 0.1) is 19.3 Å². The maximum atomic E-state index is 11.6. The van der Waals surface area contributed by atoms with Crippen molar-refractivity contribution in [2.45, 2.75) is 52.6 Å². The first-order valence-electron chi connectivity index (χ1n) is 13.3. The van der Waals surface area contributed by atoms with E-state index >= 15 is 0 Å². The molecule has 0 bridgehead atoms. The highest BCUT2D eigenvalue weighted by atomic mass is 16.5. The smallest absolute Gasteiger partial charge is 0.251 e. The van der Waals surface area contributed by atoms with E-state index in [1.165, 1.54) is 60.8 Å². The molecule has 1 amide bonds. The summed E-state index contributed by atoms with van der Waals surface area (Å²) in [7, 11) is 1.78.